The highest BCUT2D eigenvalue weighted by atomic mass is 16.3. The van der Waals surface area contributed by atoms with Crippen molar-refractivity contribution in [2.45, 2.75) is 6.92 Å². The normalized spacial score (nSPS) is 10.8. The fraction of sp³-hybridized carbons (Fsp3) is 0.0323. The van der Waals surface area contributed by atoms with E-state index in [0.29, 0.717) is 0 Å². The van der Waals surface area contributed by atoms with Crippen LogP contribution in [-0.4, -0.2) is 5.11 Å². The minimum atomic E-state index is 0.289. The third kappa shape index (κ3) is 3.70. The number of para-hydroxylation sites is 1. The molecule has 0 saturated carbocycles. The van der Waals surface area contributed by atoms with Gasteiger partial charge in [-0.1, -0.05) is 121 Å². The highest BCUT2D eigenvalue weighted by molar-refractivity contribution is 5.96. The molecule has 1 N–H and O–H groups in total. The molecule has 0 unspecified atom stereocenters. The molecule has 0 aliphatic heterocycles. The van der Waals surface area contributed by atoms with E-state index in [0.717, 1.165) is 22.3 Å². The monoisotopic (exact) mass is 412 g/mol. The van der Waals surface area contributed by atoms with Gasteiger partial charge < -0.3 is 5.11 Å². The number of phenolic OH excluding ortho intramolecular Hbond substituents is 1. The molecule has 1 heteroatoms. The van der Waals surface area contributed by atoms with Gasteiger partial charge >= 0.3 is 0 Å². The first-order valence-corrected chi connectivity index (χ1v) is 10.9. The van der Waals surface area contributed by atoms with Gasteiger partial charge in [0.1, 0.15) is 5.75 Å². The van der Waals surface area contributed by atoms with E-state index in [2.05, 4.69) is 97.9 Å². The second kappa shape index (κ2) is 8.56. The molecule has 5 rings (SSSR count). The first kappa shape index (κ1) is 19.8. The molecule has 32 heavy (non-hydrogen) atoms. The Morgan fingerprint density at radius 1 is 0.375 bits per heavy atom. The number of aryl methyl sites for hydroxylation is 1. The molecule has 0 amide bonds. The topological polar surface area (TPSA) is 20.2 Å². The number of rotatable bonds is 4. The van der Waals surface area contributed by atoms with Crippen LogP contribution in [0.1, 0.15) is 5.56 Å². The summed E-state index contributed by atoms with van der Waals surface area (Å²) in [6.07, 6.45) is 0. The average Bonchev–Trinajstić information content (AvgIpc) is 2.85. The largest absolute Gasteiger partial charge is 0.507 e. The van der Waals surface area contributed by atoms with E-state index in [1.807, 2.05) is 24.3 Å². The molecule has 5 aromatic rings. The smallest absolute Gasteiger partial charge is 0.123 e. The quantitative estimate of drug-likeness (QED) is 0.314. The van der Waals surface area contributed by atoms with Gasteiger partial charge in [-0.05, 0) is 51.9 Å². The molecule has 154 valence electrons. The van der Waals surface area contributed by atoms with E-state index in [-0.39, 0.29) is 5.75 Å². The number of aromatic hydroxyl groups is 1. The first-order chi connectivity index (χ1) is 15.7. The highest BCUT2D eigenvalue weighted by Gasteiger charge is 2.16. The van der Waals surface area contributed by atoms with Gasteiger partial charge in [0.15, 0.2) is 0 Å². The lowest BCUT2D eigenvalue weighted by molar-refractivity contribution is 0.477. The molecule has 0 aliphatic rings. The Bertz CT molecular complexity index is 1380. The van der Waals surface area contributed by atoms with E-state index in [9.17, 15) is 5.11 Å². The van der Waals surface area contributed by atoms with Crippen molar-refractivity contribution in [3.63, 3.8) is 0 Å². The molecule has 0 aliphatic carbocycles. The van der Waals surface area contributed by atoms with Crippen molar-refractivity contribution in [1.82, 2.24) is 0 Å². The van der Waals surface area contributed by atoms with Crippen LogP contribution in [0.3, 0.4) is 0 Å². The molecule has 5 aromatic carbocycles. The standard InChI is InChI=1S/C31H24O/c1-22-18-20-23(21-19-22)24-10-2-3-11-25(24)26-12-4-5-13-27(26)28-14-6-7-15-29(28)30-16-8-9-17-31(30)32/h2-21,32H,1H3. The Kier molecular flexibility index (Phi) is 5.31. The minimum Gasteiger partial charge on any atom is -0.507 e. The van der Waals surface area contributed by atoms with Gasteiger partial charge in [0.2, 0.25) is 0 Å². The molecule has 0 heterocycles. The van der Waals surface area contributed by atoms with Gasteiger partial charge in [-0.25, -0.2) is 0 Å². The summed E-state index contributed by atoms with van der Waals surface area (Å²) >= 11 is 0. The molecule has 0 atom stereocenters. The van der Waals surface area contributed by atoms with Crippen LogP contribution < -0.4 is 0 Å². The molecule has 0 radical (unpaired) electrons. The molecule has 0 saturated heterocycles. The zero-order valence-corrected chi connectivity index (χ0v) is 18.0. The third-order valence-corrected chi connectivity index (χ3v) is 5.92. The van der Waals surface area contributed by atoms with Gasteiger partial charge in [0.25, 0.3) is 0 Å². The third-order valence-electron chi connectivity index (χ3n) is 5.92. The van der Waals surface area contributed by atoms with E-state index in [4.69, 9.17) is 0 Å². The molecule has 0 fully saturated rings. The number of benzene rings is 5. The summed E-state index contributed by atoms with van der Waals surface area (Å²) in [5.74, 6) is 0.289. The summed E-state index contributed by atoms with van der Waals surface area (Å²) < 4.78 is 0. The maximum absolute atomic E-state index is 10.5. The molecular formula is C31H24O. The summed E-state index contributed by atoms with van der Waals surface area (Å²) in [5, 5.41) is 10.5. The second-order valence-electron chi connectivity index (χ2n) is 8.02. The maximum atomic E-state index is 10.5. The molecule has 0 spiro atoms. The molecule has 0 bridgehead atoms. The van der Waals surface area contributed by atoms with Crippen molar-refractivity contribution in [1.29, 1.82) is 0 Å². The fourth-order valence-corrected chi connectivity index (χ4v) is 4.31. The molecule has 0 aromatic heterocycles. The Hall–Kier alpha value is -4.10. The van der Waals surface area contributed by atoms with Crippen LogP contribution >= 0.6 is 0 Å². The highest BCUT2D eigenvalue weighted by Crippen LogP contribution is 2.42. The molecular weight excluding hydrogens is 388 g/mol. The summed E-state index contributed by atoms with van der Waals surface area (Å²) in [5.41, 5.74) is 10.1. The van der Waals surface area contributed by atoms with Gasteiger partial charge in [0, 0.05) is 5.56 Å². The molecule has 1 nitrogen and oxygen atoms in total. The van der Waals surface area contributed by atoms with Crippen LogP contribution in [0, 0.1) is 6.92 Å². The Balaban J connectivity index is 1.73. The number of hydrogen-bond donors (Lipinski definition) is 1. The lowest BCUT2D eigenvalue weighted by atomic mass is 9.86. The van der Waals surface area contributed by atoms with E-state index in [1.54, 1.807) is 6.07 Å². The van der Waals surface area contributed by atoms with Gasteiger partial charge in [-0.15, -0.1) is 0 Å². The Morgan fingerprint density at radius 2 is 0.719 bits per heavy atom. The first-order valence-electron chi connectivity index (χ1n) is 10.9. The van der Waals surface area contributed by atoms with E-state index >= 15 is 0 Å². The van der Waals surface area contributed by atoms with Crippen LogP contribution in [-0.2, 0) is 0 Å². The van der Waals surface area contributed by atoms with E-state index < -0.39 is 0 Å². The lowest BCUT2D eigenvalue weighted by Crippen LogP contribution is -1.91. The van der Waals surface area contributed by atoms with Crippen LogP contribution in [0.25, 0.3) is 44.5 Å². The predicted molar refractivity (Wildman–Crippen MR) is 135 cm³/mol. The number of hydrogen-bond acceptors (Lipinski definition) is 1. The fourth-order valence-electron chi connectivity index (χ4n) is 4.31. The van der Waals surface area contributed by atoms with Crippen molar-refractivity contribution in [3.05, 3.63) is 127 Å². The average molecular weight is 413 g/mol. The summed E-state index contributed by atoms with van der Waals surface area (Å²) in [4.78, 5) is 0. The minimum absolute atomic E-state index is 0.289. The van der Waals surface area contributed by atoms with Crippen LogP contribution in [0.4, 0.5) is 0 Å². The summed E-state index contributed by atoms with van der Waals surface area (Å²) in [6, 6.07) is 41.6. The zero-order chi connectivity index (χ0) is 21.9. The summed E-state index contributed by atoms with van der Waals surface area (Å²) in [7, 11) is 0. The summed E-state index contributed by atoms with van der Waals surface area (Å²) in [6.45, 7) is 2.11. The van der Waals surface area contributed by atoms with E-state index in [1.165, 1.54) is 27.8 Å². The van der Waals surface area contributed by atoms with Crippen LogP contribution in [0.2, 0.25) is 0 Å². The Morgan fingerprint density at radius 3 is 1.19 bits per heavy atom. The number of phenols is 1. The van der Waals surface area contributed by atoms with Crippen molar-refractivity contribution >= 4 is 0 Å². The van der Waals surface area contributed by atoms with Crippen molar-refractivity contribution in [2.75, 3.05) is 0 Å². The lowest BCUT2D eigenvalue weighted by Gasteiger charge is -2.17. The van der Waals surface area contributed by atoms with Crippen molar-refractivity contribution in [3.8, 4) is 50.3 Å². The van der Waals surface area contributed by atoms with Gasteiger partial charge in [-0.2, -0.15) is 0 Å². The van der Waals surface area contributed by atoms with Gasteiger partial charge in [-0.3, -0.25) is 0 Å². The van der Waals surface area contributed by atoms with Crippen LogP contribution in [0.5, 0.6) is 5.75 Å². The van der Waals surface area contributed by atoms with Crippen molar-refractivity contribution < 1.29 is 5.11 Å². The van der Waals surface area contributed by atoms with Gasteiger partial charge in [0.05, 0.1) is 0 Å². The predicted octanol–water partition coefficient (Wildman–Crippen LogP) is 8.37. The Labute approximate surface area is 189 Å². The maximum Gasteiger partial charge on any atom is 0.123 e. The van der Waals surface area contributed by atoms with Crippen molar-refractivity contribution in [2.24, 2.45) is 0 Å². The van der Waals surface area contributed by atoms with Crippen LogP contribution in [0.15, 0.2) is 121 Å². The SMILES string of the molecule is Cc1ccc(-c2ccccc2-c2ccccc2-c2ccccc2-c2ccccc2O)cc1. The zero-order valence-electron chi connectivity index (χ0n) is 18.0. The second-order valence-corrected chi connectivity index (χ2v) is 8.02.